The van der Waals surface area contributed by atoms with Gasteiger partial charge in [0.25, 0.3) is 0 Å². The summed E-state index contributed by atoms with van der Waals surface area (Å²) in [5.74, 6) is -0.936. The molecule has 0 aliphatic heterocycles. The van der Waals surface area contributed by atoms with Crippen LogP contribution in [0.4, 0.5) is 4.79 Å². The fourth-order valence-corrected chi connectivity index (χ4v) is 1.56. The molecule has 0 aliphatic carbocycles. The van der Waals surface area contributed by atoms with Crippen LogP contribution >= 0.6 is 0 Å². The van der Waals surface area contributed by atoms with Gasteiger partial charge in [0.05, 0.1) is 0 Å². The number of carboxylic acid groups (broad SMARTS) is 1. The van der Waals surface area contributed by atoms with Crippen LogP contribution in [0.3, 0.4) is 0 Å². The van der Waals surface area contributed by atoms with Crippen LogP contribution in [0.25, 0.3) is 0 Å². The van der Waals surface area contributed by atoms with Crippen molar-refractivity contribution in [2.24, 2.45) is 5.41 Å². The van der Waals surface area contributed by atoms with Gasteiger partial charge in [-0.2, -0.15) is 0 Å². The van der Waals surface area contributed by atoms with Crippen LogP contribution in [0.15, 0.2) is 0 Å². The van der Waals surface area contributed by atoms with E-state index in [4.69, 9.17) is 5.11 Å². The molecule has 116 valence electrons. The Bertz CT molecular complexity index is 343. The minimum Gasteiger partial charge on any atom is -0.481 e. The van der Waals surface area contributed by atoms with Crippen molar-refractivity contribution in [3.8, 4) is 0 Å². The molecule has 0 aromatic heterocycles. The average Bonchev–Trinajstić information content (AvgIpc) is 2.32. The minimum atomic E-state index is -0.804. The molecule has 7 nitrogen and oxygen atoms in total. The first-order valence-electron chi connectivity index (χ1n) is 6.71. The Morgan fingerprint density at radius 3 is 2.05 bits per heavy atom. The molecule has 0 atom stereocenters. The third-order valence-electron chi connectivity index (χ3n) is 2.89. The molecule has 0 radical (unpaired) electrons. The summed E-state index contributed by atoms with van der Waals surface area (Å²) in [4.78, 5) is 32.5. The molecular formula is C13H25N3O4. The monoisotopic (exact) mass is 287 g/mol. The van der Waals surface area contributed by atoms with Crippen molar-refractivity contribution in [3.05, 3.63) is 0 Å². The molecule has 20 heavy (non-hydrogen) atoms. The molecular weight excluding hydrogens is 262 g/mol. The lowest BCUT2D eigenvalue weighted by Gasteiger charge is -2.23. The Labute approximate surface area is 119 Å². The van der Waals surface area contributed by atoms with Gasteiger partial charge in [-0.25, -0.2) is 4.79 Å². The summed E-state index contributed by atoms with van der Waals surface area (Å²) in [5, 5.41) is 16.5. The Hall–Kier alpha value is -1.79. The van der Waals surface area contributed by atoms with E-state index in [0.29, 0.717) is 32.5 Å². The first-order chi connectivity index (χ1) is 9.23. The topological polar surface area (TPSA) is 108 Å². The number of rotatable bonds is 9. The smallest absolute Gasteiger partial charge is 0.314 e. The van der Waals surface area contributed by atoms with E-state index in [2.05, 4.69) is 16.0 Å². The van der Waals surface area contributed by atoms with Crippen molar-refractivity contribution < 1.29 is 19.5 Å². The average molecular weight is 287 g/mol. The van der Waals surface area contributed by atoms with Crippen LogP contribution in [0, 0.1) is 5.41 Å². The highest BCUT2D eigenvalue weighted by Crippen LogP contribution is 2.25. The fraction of sp³-hybridized carbons (Fsp3) is 0.769. The van der Waals surface area contributed by atoms with E-state index in [0.717, 1.165) is 0 Å². The van der Waals surface area contributed by atoms with Crippen LogP contribution in [0.5, 0.6) is 0 Å². The van der Waals surface area contributed by atoms with Crippen molar-refractivity contribution >= 4 is 17.9 Å². The molecule has 7 heteroatoms. The van der Waals surface area contributed by atoms with Crippen molar-refractivity contribution in [1.29, 1.82) is 0 Å². The highest BCUT2D eigenvalue weighted by molar-refractivity contribution is 5.74. The first-order valence-corrected chi connectivity index (χ1v) is 6.71. The normalized spacial score (nSPS) is 10.8. The van der Waals surface area contributed by atoms with Crippen molar-refractivity contribution in [1.82, 2.24) is 16.0 Å². The molecule has 0 rings (SSSR count). The van der Waals surface area contributed by atoms with Crippen LogP contribution in [-0.4, -0.2) is 42.6 Å². The number of carbonyl (C=O) groups excluding carboxylic acids is 2. The van der Waals surface area contributed by atoms with E-state index in [1.165, 1.54) is 6.92 Å². The zero-order chi connectivity index (χ0) is 15.6. The highest BCUT2D eigenvalue weighted by atomic mass is 16.4. The van der Waals surface area contributed by atoms with Crippen LogP contribution < -0.4 is 16.0 Å². The molecule has 3 amide bonds. The molecule has 0 aromatic rings. The van der Waals surface area contributed by atoms with Crippen molar-refractivity contribution in [3.63, 3.8) is 0 Å². The zero-order valence-electron chi connectivity index (χ0n) is 12.4. The standard InChI is InChI=1S/C13H25N3O4/c1-10(17)14-8-9-16-12(20)15-7-6-13(2,3)5-4-11(18)19/h4-9H2,1-3H3,(H,14,17)(H,18,19)(H2,15,16,20). The van der Waals surface area contributed by atoms with Crippen molar-refractivity contribution in [2.75, 3.05) is 19.6 Å². The number of nitrogens with one attached hydrogen (secondary N) is 3. The minimum absolute atomic E-state index is 0.123. The van der Waals surface area contributed by atoms with E-state index < -0.39 is 5.97 Å². The number of aliphatic carboxylic acids is 1. The predicted molar refractivity (Wildman–Crippen MR) is 75.4 cm³/mol. The number of carbonyl (C=O) groups is 3. The van der Waals surface area contributed by atoms with E-state index in [1.807, 2.05) is 13.8 Å². The molecule has 0 bridgehead atoms. The van der Waals surface area contributed by atoms with E-state index in [9.17, 15) is 14.4 Å². The van der Waals surface area contributed by atoms with E-state index >= 15 is 0 Å². The summed E-state index contributed by atoms with van der Waals surface area (Å²) in [5.41, 5.74) is -0.123. The highest BCUT2D eigenvalue weighted by Gasteiger charge is 2.19. The van der Waals surface area contributed by atoms with Gasteiger partial charge in [-0.05, 0) is 18.3 Å². The van der Waals surface area contributed by atoms with Gasteiger partial charge in [0.1, 0.15) is 0 Å². The Morgan fingerprint density at radius 2 is 1.50 bits per heavy atom. The molecule has 0 unspecified atom stereocenters. The predicted octanol–water partition coefficient (Wildman–Crippen LogP) is 0.703. The van der Waals surface area contributed by atoms with Crippen LogP contribution in [0.1, 0.15) is 40.0 Å². The largest absolute Gasteiger partial charge is 0.481 e. The lowest BCUT2D eigenvalue weighted by Crippen LogP contribution is -2.40. The summed E-state index contributed by atoms with van der Waals surface area (Å²) < 4.78 is 0. The summed E-state index contributed by atoms with van der Waals surface area (Å²) in [6.07, 6.45) is 1.42. The number of urea groups is 1. The second-order valence-corrected chi connectivity index (χ2v) is 5.47. The Morgan fingerprint density at radius 1 is 0.950 bits per heavy atom. The Kier molecular flexibility index (Phi) is 8.35. The van der Waals surface area contributed by atoms with Gasteiger partial charge in [0, 0.05) is 33.0 Å². The molecule has 0 spiro atoms. The zero-order valence-corrected chi connectivity index (χ0v) is 12.4. The maximum Gasteiger partial charge on any atom is 0.314 e. The van der Waals surface area contributed by atoms with Gasteiger partial charge in [-0.15, -0.1) is 0 Å². The van der Waals surface area contributed by atoms with Crippen LogP contribution in [-0.2, 0) is 9.59 Å². The molecule has 4 N–H and O–H groups in total. The molecule has 0 aromatic carbocycles. The number of hydrogen-bond donors (Lipinski definition) is 4. The van der Waals surface area contributed by atoms with Gasteiger partial charge in [-0.1, -0.05) is 13.8 Å². The lowest BCUT2D eigenvalue weighted by atomic mass is 9.84. The lowest BCUT2D eigenvalue weighted by molar-refractivity contribution is -0.137. The quantitative estimate of drug-likeness (QED) is 0.468. The Balaban J connectivity index is 3.68. The summed E-state index contributed by atoms with van der Waals surface area (Å²) >= 11 is 0. The van der Waals surface area contributed by atoms with Gasteiger partial charge in [0.15, 0.2) is 0 Å². The van der Waals surface area contributed by atoms with E-state index in [1.54, 1.807) is 0 Å². The third kappa shape index (κ3) is 11.3. The second kappa shape index (κ2) is 9.17. The summed E-state index contributed by atoms with van der Waals surface area (Å²) in [6.45, 7) is 6.62. The molecule has 0 fully saturated rings. The fourth-order valence-electron chi connectivity index (χ4n) is 1.56. The molecule has 0 saturated heterocycles. The van der Waals surface area contributed by atoms with Crippen LogP contribution in [0.2, 0.25) is 0 Å². The molecule has 0 heterocycles. The maximum atomic E-state index is 11.4. The number of carboxylic acids is 1. The maximum absolute atomic E-state index is 11.4. The number of amides is 3. The van der Waals surface area contributed by atoms with Gasteiger partial charge >= 0.3 is 12.0 Å². The van der Waals surface area contributed by atoms with Gasteiger partial charge in [0.2, 0.25) is 5.91 Å². The molecule has 0 aliphatic rings. The van der Waals surface area contributed by atoms with Crippen molar-refractivity contribution in [2.45, 2.75) is 40.0 Å². The third-order valence-corrected chi connectivity index (χ3v) is 2.89. The number of hydrogen-bond acceptors (Lipinski definition) is 3. The first kappa shape index (κ1) is 18.2. The van der Waals surface area contributed by atoms with E-state index in [-0.39, 0.29) is 23.8 Å². The molecule has 0 saturated carbocycles. The summed E-state index contributed by atoms with van der Waals surface area (Å²) in [7, 11) is 0. The van der Waals surface area contributed by atoms with Gasteiger partial charge < -0.3 is 21.1 Å². The van der Waals surface area contributed by atoms with Gasteiger partial charge in [-0.3, -0.25) is 9.59 Å². The second-order valence-electron chi connectivity index (χ2n) is 5.47. The SMILES string of the molecule is CC(=O)NCCNC(=O)NCCC(C)(C)CCC(=O)O. The summed E-state index contributed by atoms with van der Waals surface area (Å²) in [6, 6.07) is -0.288.